The molecule has 0 saturated carbocycles. The molecule has 0 atom stereocenters. The lowest BCUT2D eigenvalue weighted by atomic mass is 9.88. The summed E-state index contributed by atoms with van der Waals surface area (Å²) in [5.41, 5.74) is 1.22. The minimum atomic E-state index is -0.667. The molecule has 3 fully saturated rings. The van der Waals surface area contributed by atoms with Crippen molar-refractivity contribution in [1.29, 1.82) is 0 Å². The van der Waals surface area contributed by atoms with Crippen molar-refractivity contribution in [2.75, 3.05) is 72.3 Å². The Bertz CT molecular complexity index is 670. The molecule has 0 aromatic rings. The van der Waals surface area contributed by atoms with Crippen molar-refractivity contribution in [2.24, 2.45) is 5.41 Å². The highest BCUT2D eigenvalue weighted by Crippen LogP contribution is 2.33. The molecule has 31 heavy (non-hydrogen) atoms. The molecule has 9 nitrogen and oxygen atoms in total. The van der Waals surface area contributed by atoms with Gasteiger partial charge in [-0.25, -0.2) is 0 Å². The molecule has 4 rings (SSSR count). The van der Waals surface area contributed by atoms with E-state index in [4.69, 9.17) is 20.1 Å². The van der Waals surface area contributed by atoms with Crippen LogP contribution in [0.2, 0.25) is 0 Å². The Morgan fingerprint density at radius 2 is 1.26 bits per heavy atom. The topological polar surface area (TPSA) is 113 Å². The van der Waals surface area contributed by atoms with Crippen LogP contribution in [0.5, 0.6) is 0 Å². The smallest absolute Gasteiger partial charge is 0.227 e. The first-order valence-corrected chi connectivity index (χ1v) is 11.1. The fourth-order valence-corrected chi connectivity index (χ4v) is 2.97. The van der Waals surface area contributed by atoms with E-state index in [0.717, 1.165) is 52.5 Å². The number of carbonyl (C=O) groups excluding carboxylic acids is 2. The van der Waals surface area contributed by atoms with E-state index in [1.54, 1.807) is 0 Å². The van der Waals surface area contributed by atoms with Crippen LogP contribution < -0.4 is 0 Å². The van der Waals surface area contributed by atoms with E-state index >= 15 is 0 Å². The van der Waals surface area contributed by atoms with Crippen LogP contribution in [0.1, 0.15) is 27.2 Å². The molecule has 0 unspecified atom stereocenters. The summed E-state index contributed by atoms with van der Waals surface area (Å²) in [5, 5.41) is 26.0. The molecule has 0 aromatic heterocycles. The van der Waals surface area contributed by atoms with Crippen molar-refractivity contribution in [3.8, 4) is 0 Å². The molecular weight excluding hydrogens is 402 g/mol. The summed E-state index contributed by atoms with van der Waals surface area (Å²) in [6.07, 6.45) is 2.12. The number of aliphatic hydroxyl groups excluding tert-OH is 3. The maximum absolute atomic E-state index is 12.4. The highest BCUT2D eigenvalue weighted by atomic mass is 16.5. The van der Waals surface area contributed by atoms with Gasteiger partial charge in [0.15, 0.2) is 0 Å². The molecule has 0 aromatic carbocycles. The van der Waals surface area contributed by atoms with Crippen molar-refractivity contribution in [2.45, 2.75) is 27.2 Å². The van der Waals surface area contributed by atoms with Crippen LogP contribution in [0.4, 0.5) is 0 Å². The Hall–Kier alpha value is -1.94. The quantitative estimate of drug-likeness (QED) is 0.326. The first-order chi connectivity index (χ1) is 14.9. The fourth-order valence-electron chi connectivity index (χ4n) is 2.97. The predicted octanol–water partition coefficient (Wildman–Crippen LogP) is -0.417. The van der Waals surface area contributed by atoms with Crippen LogP contribution >= 0.6 is 0 Å². The van der Waals surface area contributed by atoms with Crippen LogP contribution in [-0.2, 0) is 14.3 Å². The minimum Gasteiger partial charge on any atom is -0.396 e. The third-order valence-corrected chi connectivity index (χ3v) is 5.65. The van der Waals surface area contributed by atoms with Gasteiger partial charge in [0, 0.05) is 64.0 Å². The Labute approximate surface area is 184 Å². The second kappa shape index (κ2) is 11.6. The van der Waals surface area contributed by atoms with Gasteiger partial charge in [0.2, 0.25) is 11.6 Å². The molecule has 0 bridgehead atoms. The monoisotopic (exact) mass is 439 g/mol. The molecule has 0 amide bonds. The number of Topliss-reactive ketones (excluding diaryl/α,β-unsaturated/α-hetero) is 1. The predicted molar refractivity (Wildman–Crippen MR) is 116 cm³/mol. The van der Waals surface area contributed by atoms with Gasteiger partial charge in [0.1, 0.15) is 11.4 Å². The summed E-state index contributed by atoms with van der Waals surface area (Å²) in [6, 6.07) is 0. The third-order valence-electron chi connectivity index (χ3n) is 5.65. The Morgan fingerprint density at radius 1 is 0.806 bits per heavy atom. The van der Waals surface area contributed by atoms with E-state index in [2.05, 4.69) is 0 Å². The van der Waals surface area contributed by atoms with Crippen LogP contribution in [0.25, 0.3) is 0 Å². The maximum Gasteiger partial charge on any atom is 0.227 e. The molecule has 1 aliphatic carbocycles. The molecule has 3 heterocycles. The van der Waals surface area contributed by atoms with Gasteiger partial charge in [-0.1, -0.05) is 6.92 Å². The van der Waals surface area contributed by atoms with Crippen LogP contribution in [0.15, 0.2) is 23.2 Å². The number of allylic oxidation sites excluding steroid dienone is 1. The zero-order valence-electron chi connectivity index (χ0n) is 19.0. The molecule has 3 aliphatic heterocycles. The maximum atomic E-state index is 12.4. The number of ketones is 2. The van der Waals surface area contributed by atoms with E-state index in [1.807, 2.05) is 35.5 Å². The molecule has 176 valence electrons. The van der Waals surface area contributed by atoms with Gasteiger partial charge in [0.05, 0.1) is 25.5 Å². The second-order valence-corrected chi connectivity index (χ2v) is 7.99. The van der Waals surface area contributed by atoms with Gasteiger partial charge in [-0.2, -0.15) is 0 Å². The summed E-state index contributed by atoms with van der Waals surface area (Å²) < 4.78 is 4.83. The first kappa shape index (κ1) is 25.3. The molecule has 3 saturated heterocycles. The number of rotatable bonds is 9. The van der Waals surface area contributed by atoms with Crippen molar-refractivity contribution < 1.29 is 29.6 Å². The van der Waals surface area contributed by atoms with Crippen molar-refractivity contribution in [3.63, 3.8) is 0 Å². The van der Waals surface area contributed by atoms with E-state index in [-0.39, 0.29) is 31.4 Å². The van der Waals surface area contributed by atoms with Crippen molar-refractivity contribution in [1.82, 2.24) is 14.7 Å². The summed E-state index contributed by atoms with van der Waals surface area (Å²) in [6.45, 7) is 12.4. The SMILES string of the molecule is CCC(CO)(CO)CO.CCOCC.O=C1C=C(N2CC2)C(=O)C(N2CC2)=C1N1CC1. The zero-order chi connectivity index (χ0) is 23.0. The number of hydrogen-bond acceptors (Lipinski definition) is 9. The molecule has 0 spiro atoms. The van der Waals surface area contributed by atoms with Gasteiger partial charge in [-0.05, 0) is 20.3 Å². The molecule has 4 aliphatic rings. The van der Waals surface area contributed by atoms with E-state index in [0.29, 0.717) is 23.5 Å². The zero-order valence-corrected chi connectivity index (χ0v) is 19.0. The number of hydrogen-bond donors (Lipinski definition) is 3. The first-order valence-electron chi connectivity index (χ1n) is 11.1. The lowest BCUT2D eigenvalue weighted by Gasteiger charge is -2.24. The molecule has 0 radical (unpaired) electrons. The third kappa shape index (κ3) is 6.77. The van der Waals surface area contributed by atoms with Gasteiger partial charge in [-0.3, -0.25) is 9.59 Å². The summed E-state index contributed by atoms with van der Waals surface area (Å²) in [7, 11) is 0. The Balaban J connectivity index is 0.000000208. The average Bonchev–Trinajstić information content (AvgIpc) is 3.62. The van der Waals surface area contributed by atoms with Crippen LogP contribution in [0.3, 0.4) is 0 Å². The Kier molecular flexibility index (Phi) is 9.49. The highest BCUT2D eigenvalue weighted by molar-refractivity contribution is 6.22. The van der Waals surface area contributed by atoms with Crippen LogP contribution in [0, 0.1) is 5.41 Å². The summed E-state index contributed by atoms with van der Waals surface area (Å²) in [4.78, 5) is 30.5. The van der Waals surface area contributed by atoms with Crippen LogP contribution in [-0.4, -0.2) is 114 Å². The lowest BCUT2D eigenvalue weighted by molar-refractivity contribution is -0.117. The normalized spacial score (nSPS) is 19.4. The molecule has 9 heteroatoms. The minimum absolute atomic E-state index is 0.00546. The van der Waals surface area contributed by atoms with Gasteiger partial charge in [0.25, 0.3) is 0 Å². The second-order valence-electron chi connectivity index (χ2n) is 7.99. The molecule has 3 N–H and O–H groups in total. The standard InChI is InChI=1S/C12H13N3O2.C6H14O3.C4H10O/c16-9-7-8(13-1-2-13)12(17)11(15-5-6-15)10(9)14-3-4-14;1-2-6(3-7,4-8)5-9;1-3-5-4-2/h7H,1-6H2;7-9H,2-5H2,1H3;3-4H2,1-2H3. The number of aliphatic hydroxyl groups is 3. The largest absolute Gasteiger partial charge is 0.396 e. The number of carbonyl (C=O) groups is 2. The van der Waals surface area contributed by atoms with Crippen molar-refractivity contribution >= 4 is 11.6 Å². The summed E-state index contributed by atoms with van der Waals surface area (Å²) in [5.74, 6) is 0.0485. The lowest BCUT2D eigenvalue weighted by Crippen LogP contribution is -2.32. The highest BCUT2D eigenvalue weighted by Gasteiger charge is 2.43. The number of nitrogens with zero attached hydrogens (tertiary/aromatic N) is 3. The summed E-state index contributed by atoms with van der Waals surface area (Å²) >= 11 is 0. The van der Waals surface area contributed by atoms with Gasteiger partial charge in [-0.15, -0.1) is 0 Å². The van der Waals surface area contributed by atoms with Crippen molar-refractivity contribution in [3.05, 3.63) is 23.2 Å². The van der Waals surface area contributed by atoms with E-state index < -0.39 is 5.41 Å². The number of ether oxygens (including phenoxy) is 1. The Morgan fingerprint density at radius 3 is 1.55 bits per heavy atom. The fraction of sp³-hybridized carbons (Fsp3) is 0.727. The average molecular weight is 440 g/mol. The van der Waals surface area contributed by atoms with E-state index in [1.165, 1.54) is 6.08 Å². The van der Waals surface area contributed by atoms with Gasteiger partial charge >= 0.3 is 0 Å². The molecular formula is C22H37N3O6. The van der Waals surface area contributed by atoms with E-state index in [9.17, 15) is 9.59 Å². The van der Waals surface area contributed by atoms with Gasteiger partial charge < -0.3 is 34.8 Å².